The summed E-state index contributed by atoms with van der Waals surface area (Å²) in [6.45, 7) is 14.9. The van der Waals surface area contributed by atoms with Crippen LogP contribution >= 0.6 is 0 Å². The molecule has 2 nitrogen and oxygen atoms in total. The third kappa shape index (κ3) is 4.74. The highest BCUT2D eigenvalue weighted by molar-refractivity contribution is 6.48. The largest absolute Gasteiger partial charge is 0.489 e. The Kier molecular flexibility index (Phi) is 6.70. The molecule has 1 fully saturated rings. The number of allylic oxidation sites excluding steroid dienone is 1. The van der Waals surface area contributed by atoms with E-state index in [9.17, 15) is 0 Å². The van der Waals surface area contributed by atoms with Gasteiger partial charge in [-0.1, -0.05) is 76.2 Å². The lowest BCUT2D eigenvalue weighted by Gasteiger charge is -2.50. The Morgan fingerprint density at radius 2 is 1.66 bits per heavy atom. The summed E-state index contributed by atoms with van der Waals surface area (Å²) in [5.41, 5.74) is 4.49. The quantitative estimate of drug-likeness (QED) is 0.421. The predicted molar refractivity (Wildman–Crippen MR) is 136 cm³/mol. The van der Waals surface area contributed by atoms with Crippen molar-refractivity contribution in [2.45, 2.75) is 72.8 Å². The van der Waals surface area contributed by atoms with Crippen LogP contribution in [0, 0.1) is 22.7 Å². The van der Waals surface area contributed by atoms with Crippen LogP contribution in [0.3, 0.4) is 0 Å². The van der Waals surface area contributed by atoms with Crippen LogP contribution in [0.1, 0.15) is 58.1 Å². The molecule has 0 saturated heterocycles. The summed E-state index contributed by atoms with van der Waals surface area (Å²) in [5.74, 6) is 2.30. The second kappa shape index (κ2) is 9.19. The van der Waals surface area contributed by atoms with Gasteiger partial charge in [0.25, 0.3) is 0 Å². The second-order valence-corrected chi connectivity index (χ2v) is 13.3. The van der Waals surface area contributed by atoms with E-state index in [0.717, 1.165) is 12.2 Å². The maximum Gasteiger partial charge on any atom is 0.205 e. The van der Waals surface area contributed by atoms with Gasteiger partial charge in [-0.25, -0.2) is 0 Å². The molecule has 4 atom stereocenters. The van der Waals surface area contributed by atoms with E-state index in [0.29, 0.717) is 23.9 Å². The minimum Gasteiger partial charge on any atom is -0.489 e. The molecule has 0 spiro atoms. The smallest absolute Gasteiger partial charge is 0.205 e. The van der Waals surface area contributed by atoms with E-state index in [1.165, 1.54) is 29.5 Å². The molecule has 1 unspecified atom stereocenters. The SMILES string of the molecule is C[Si](C)OC1C=C(c2ccc(OCc3ccccc3)cc2)C[C@@H]2CC[C@@H](C(C)(C)C)[C@@]12C. The van der Waals surface area contributed by atoms with Gasteiger partial charge in [-0.3, -0.25) is 0 Å². The van der Waals surface area contributed by atoms with E-state index in [2.05, 4.69) is 95.4 Å². The fraction of sp³-hybridized carbons (Fsp3) is 0.517. The molecule has 32 heavy (non-hydrogen) atoms. The third-order valence-corrected chi connectivity index (χ3v) is 8.47. The van der Waals surface area contributed by atoms with Crippen molar-refractivity contribution < 1.29 is 9.16 Å². The summed E-state index contributed by atoms with van der Waals surface area (Å²) in [4.78, 5) is 0. The van der Waals surface area contributed by atoms with Crippen LogP contribution in [-0.4, -0.2) is 15.1 Å². The van der Waals surface area contributed by atoms with Crippen molar-refractivity contribution in [2.75, 3.05) is 0 Å². The zero-order valence-corrected chi connectivity index (χ0v) is 21.7. The number of rotatable bonds is 6. The number of fused-ring (bicyclic) bond motifs is 1. The Hall–Kier alpha value is -1.84. The molecule has 2 aromatic carbocycles. The summed E-state index contributed by atoms with van der Waals surface area (Å²) < 4.78 is 12.7. The third-order valence-electron chi connectivity index (χ3n) is 7.75. The van der Waals surface area contributed by atoms with Gasteiger partial charge in [0.05, 0.1) is 6.10 Å². The van der Waals surface area contributed by atoms with Crippen LogP contribution in [0.5, 0.6) is 5.75 Å². The molecule has 0 aromatic heterocycles. The highest BCUT2D eigenvalue weighted by Crippen LogP contribution is 2.61. The van der Waals surface area contributed by atoms with E-state index in [-0.39, 0.29) is 11.5 Å². The molecular formula is C29H39O2Si. The summed E-state index contributed by atoms with van der Waals surface area (Å²) in [6.07, 6.45) is 6.46. The lowest BCUT2D eigenvalue weighted by Crippen LogP contribution is -2.48. The molecular weight excluding hydrogens is 408 g/mol. The molecule has 1 radical (unpaired) electrons. The Balaban J connectivity index is 1.55. The van der Waals surface area contributed by atoms with Crippen LogP contribution in [0.15, 0.2) is 60.7 Å². The maximum absolute atomic E-state index is 6.70. The predicted octanol–water partition coefficient (Wildman–Crippen LogP) is 7.77. The molecule has 3 heteroatoms. The highest BCUT2D eigenvalue weighted by Gasteiger charge is 2.56. The van der Waals surface area contributed by atoms with Crippen LogP contribution in [0.25, 0.3) is 5.57 Å². The van der Waals surface area contributed by atoms with Crippen molar-refractivity contribution in [1.82, 2.24) is 0 Å². The first kappa shape index (κ1) is 23.3. The number of hydrogen-bond acceptors (Lipinski definition) is 2. The monoisotopic (exact) mass is 447 g/mol. The molecule has 2 aliphatic carbocycles. The van der Waals surface area contributed by atoms with Crippen LogP contribution in [-0.2, 0) is 11.0 Å². The van der Waals surface area contributed by atoms with Crippen LogP contribution in [0.4, 0.5) is 0 Å². The van der Waals surface area contributed by atoms with Gasteiger partial charge in [-0.2, -0.15) is 0 Å². The van der Waals surface area contributed by atoms with Crippen molar-refractivity contribution in [3.05, 3.63) is 71.8 Å². The number of benzene rings is 2. The fourth-order valence-corrected chi connectivity index (χ4v) is 7.05. The summed E-state index contributed by atoms with van der Waals surface area (Å²) in [7, 11) is -0.786. The average Bonchev–Trinajstić information content (AvgIpc) is 3.11. The maximum atomic E-state index is 6.70. The van der Waals surface area contributed by atoms with Crippen LogP contribution in [0.2, 0.25) is 13.1 Å². The first-order valence-corrected chi connectivity index (χ1v) is 14.5. The van der Waals surface area contributed by atoms with Crippen molar-refractivity contribution in [3.8, 4) is 5.75 Å². The van der Waals surface area contributed by atoms with E-state index < -0.39 is 9.04 Å². The van der Waals surface area contributed by atoms with Gasteiger partial charge >= 0.3 is 0 Å². The van der Waals surface area contributed by atoms with Crippen molar-refractivity contribution in [3.63, 3.8) is 0 Å². The first-order valence-electron chi connectivity index (χ1n) is 12.1. The fourth-order valence-electron chi connectivity index (χ4n) is 6.22. The van der Waals surface area contributed by atoms with E-state index in [1.54, 1.807) is 0 Å². The molecule has 4 rings (SSSR count). The van der Waals surface area contributed by atoms with E-state index in [4.69, 9.17) is 9.16 Å². The summed E-state index contributed by atoms with van der Waals surface area (Å²) >= 11 is 0. The minimum atomic E-state index is -0.786. The average molecular weight is 448 g/mol. The van der Waals surface area contributed by atoms with Crippen molar-refractivity contribution in [1.29, 1.82) is 0 Å². The molecule has 0 N–H and O–H groups in total. The standard InChI is InChI=1S/C29H39O2Si/c1-28(2,3)26-17-14-24-18-23(19-27(29(24,26)4)31-32(5)6)22-12-15-25(16-13-22)30-20-21-10-8-7-9-11-21/h7-13,15-16,19,24,26-27H,14,17-18,20H2,1-6H3/t24-,26-,27?,29-/m0/s1. The summed E-state index contributed by atoms with van der Waals surface area (Å²) in [6, 6.07) is 19.0. The second-order valence-electron chi connectivity index (χ2n) is 11.2. The van der Waals surface area contributed by atoms with Gasteiger partial charge < -0.3 is 9.16 Å². The molecule has 2 aromatic rings. The Bertz CT molecular complexity index is 926. The minimum absolute atomic E-state index is 0.209. The van der Waals surface area contributed by atoms with E-state index >= 15 is 0 Å². The molecule has 0 bridgehead atoms. The topological polar surface area (TPSA) is 18.5 Å². The Morgan fingerprint density at radius 1 is 0.969 bits per heavy atom. The Morgan fingerprint density at radius 3 is 2.28 bits per heavy atom. The van der Waals surface area contributed by atoms with Gasteiger partial charge in [0.1, 0.15) is 12.4 Å². The van der Waals surface area contributed by atoms with Gasteiger partial charge in [-0.15, -0.1) is 0 Å². The van der Waals surface area contributed by atoms with Crippen molar-refractivity contribution in [2.24, 2.45) is 22.7 Å². The zero-order chi connectivity index (χ0) is 22.9. The normalized spacial score (nSPS) is 27.8. The van der Waals surface area contributed by atoms with E-state index in [1.807, 2.05) is 6.07 Å². The lowest BCUT2D eigenvalue weighted by molar-refractivity contribution is -0.0215. The first-order chi connectivity index (χ1) is 15.2. The molecule has 0 amide bonds. The van der Waals surface area contributed by atoms with Gasteiger partial charge in [0.15, 0.2) is 0 Å². The zero-order valence-electron chi connectivity index (χ0n) is 20.7. The Labute approximate surface area is 196 Å². The molecule has 1 saturated carbocycles. The molecule has 171 valence electrons. The van der Waals surface area contributed by atoms with Gasteiger partial charge in [0.2, 0.25) is 9.04 Å². The van der Waals surface area contributed by atoms with Gasteiger partial charge in [0, 0.05) is 5.41 Å². The lowest BCUT2D eigenvalue weighted by atomic mass is 9.58. The van der Waals surface area contributed by atoms with Crippen molar-refractivity contribution >= 4 is 14.6 Å². The summed E-state index contributed by atoms with van der Waals surface area (Å²) in [5, 5.41) is 0. The highest BCUT2D eigenvalue weighted by atomic mass is 28.3. The van der Waals surface area contributed by atoms with Gasteiger partial charge in [-0.05, 0) is 78.4 Å². The van der Waals surface area contributed by atoms with Crippen LogP contribution < -0.4 is 4.74 Å². The number of ether oxygens (including phenoxy) is 1. The number of hydrogen-bond donors (Lipinski definition) is 0. The molecule has 0 heterocycles. The molecule has 0 aliphatic heterocycles. The molecule has 2 aliphatic rings.